The molecule has 6 nitrogen and oxygen atoms in total. The number of amides is 1. The molecule has 19 heavy (non-hydrogen) atoms. The Hall–Kier alpha value is -2.55. The van der Waals surface area contributed by atoms with Crippen molar-refractivity contribution < 1.29 is 14.7 Å². The number of carboxylic acids is 1. The lowest BCUT2D eigenvalue weighted by atomic mass is 10.2. The summed E-state index contributed by atoms with van der Waals surface area (Å²) in [6, 6.07) is 0.681. The first kappa shape index (κ1) is 16.4. The van der Waals surface area contributed by atoms with Crippen molar-refractivity contribution in [2.45, 2.75) is 13.0 Å². The van der Waals surface area contributed by atoms with E-state index in [0.29, 0.717) is 13.1 Å². The maximum Gasteiger partial charge on any atom is 0.325 e. The highest BCUT2D eigenvalue weighted by Crippen LogP contribution is 2.00. The standard InChI is InChI=1S/C13H17N3O3/c1-4-6-16(7-5-2)9-11(8-14)12(17)15-10(3)13(18)19/h4-5,9-10H,1-2,6-7H2,3H3,(H,15,17)(H,18,19)/b11-9-. The topological polar surface area (TPSA) is 93.4 Å². The molecule has 6 heteroatoms. The van der Waals surface area contributed by atoms with Crippen molar-refractivity contribution in [3.63, 3.8) is 0 Å². The van der Waals surface area contributed by atoms with Crippen LogP contribution in [0.1, 0.15) is 6.92 Å². The molecule has 0 aliphatic rings. The van der Waals surface area contributed by atoms with E-state index >= 15 is 0 Å². The number of rotatable bonds is 8. The Kier molecular flexibility index (Phi) is 7.38. The average molecular weight is 263 g/mol. The molecule has 102 valence electrons. The van der Waals surface area contributed by atoms with Gasteiger partial charge in [0.1, 0.15) is 17.7 Å². The van der Waals surface area contributed by atoms with Crippen molar-refractivity contribution in [2.75, 3.05) is 13.1 Å². The fraction of sp³-hybridized carbons (Fsp3) is 0.308. The summed E-state index contributed by atoms with van der Waals surface area (Å²) in [6.45, 7) is 9.34. The van der Waals surface area contributed by atoms with E-state index in [9.17, 15) is 9.59 Å². The molecule has 0 radical (unpaired) electrons. The van der Waals surface area contributed by atoms with E-state index in [1.54, 1.807) is 23.1 Å². The predicted octanol–water partition coefficient (Wildman–Crippen LogP) is 0.657. The molecule has 0 spiro atoms. The molecule has 0 aromatic heterocycles. The zero-order valence-corrected chi connectivity index (χ0v) is 10.8. The number of hydrogen-bond donors (Lipinski definition) is 2. The smallest absolute Gasteiger partial charge is 0.325 e. The molecule has 0 bridgehead atoms. The zero-order valence-electron chi connectivity index (χ0n) is 10.8. The van der Waals surface area contributed by atoms with Gasteiger partial charge in [-0.15, -0.1) is 13.2 Å². The molecule has 0 aliphatic carbocycles. The minimum Gasteiger partial charge on any atom is -0.480 e. The summed E-state index contributed by atoms with van der Waals surface area (Å²) >= 11 is 0. The van der Waals surface area contributed by atoms with E-state index in [-0.39, 0.29) is 5.57 Å². The number of carboxylic acid groups (broad SMARTS) is 1. The van der Waals surface area contributed by atoms with E-state index < -0.39 is 17.9 Å². The third-order valence-electron chi connectivity index (χ3n) is 2.12. The number of aliphatic carboxylic acids is 1. The van der Waals surface area contributed by atoms with Crippen LogP contribution in [0.3, 0.4) is 0 Å². The van der Waals surface area contributed by atoms with E-state index in [1.807, 2.05) is 0 Å². The summed E-state index contributed by atoms with van der Waals surface area (Å²) in [5, 5.41) is 19.8. The minimum atomic E-state index is -1.17. The van der Waals surface area contributed by atoms with E-state index in [2.05, 4.69) is 18.5 Å². The Morgan fingerprint density at radius 3 is 2.32 bits per heavy atom. The van der Waals surface area contributed by atoms with Crippen molar-refractivity contribution in [1.29, 1.82) is 5.26 Å². The maximum atomic E-state index is 11.7. The Balaban J connectivity index is 4.92. The van der Waals surface area contributed by atoms with Gasteiger partial charge in [0.15, 0.2) is 0 Å². The molecule has 2 N–H and O–H groups in total. The quantitative estimate of drug-likeness (QED) is 0.381. The fourth-order valence-electron chi connectivity index (χ4n) is 1.17. The van der Waals surface area contributed by atoms with Crippen LogP contribution >= 0.6 is 0 Å². The van der Waals surface area contributed by atoms with Crippen LogP contribution in [0.2, 0.25) is 0 Å². The average Bonchev–Trinajstić information content (AvgIpc) is 2.35. The normalized spacial score (nSPS) is 11.9. The first-order chi connectivity index (χ1) is 8.96. The second-order valence-corrected chi connectivity index (χ2v) is 3.72. The van der Waals surface area contributed by atoms with Crippen LogP contribution in [0, 0.1) is 11.3 Å². The SMILES string of the molecule is C=CCN(/C=C(/C#N)C(=O)NC(C)C(=O)O)CC=C. The molecule has 0 aromatic rings. The van der Waals surface area contributed by atoms with Gasteiger partial charge in [-0.3, -0.25) is 9.59 Å². The van der Waals surface area contributed by atoms with E-state index in [1.165, 1.54) is 13.1 Å². The van der Waals surface area contributed by atoms with Crippen LogP contribution < -0.4 is 5.32 Å². The Morgan fingerprint density at radius 2 is 1.95 bits per heavy atom. The molecule has 1 atom stereocenters. The van der Waals surface area contributed by atoms with Crippen LogP contribution in [-0.4, -0.2) is 41.0 Å². The summed E-state index contributed by atoms with van der Waals surface area (Å²) in [5.41, 5.74) is -0.170. The first-order valence-corrected chi connectivity index (χ1v) is 5.57. The molecule has 0 saturated carbocycles. The second kappa shape index (κ2) is 8.53. The van der Waals surface area contributed by atoms with Crippen molar-refractivity contribution in [3.8, 4) is 6.07 Å². The first-order valence-electron chi connectivity index (χ1n) is 5.57. The highest BCUT2D eigenvalue weighted by Gasteiger charge is 2.17. The van der Waals surface area contributed by atoms with Gasteiger partial charge in [-0.2, -0.15) is 5.26 Å². The van der Waals surface area contributed by atoms with Crippen molar-refractivity contribution >= 4 is 11.9 Å². The number of hydrogen-bond acceptors (Lipinski definition) is 4. The van der Waals surface area contributed by atoms with Gasteiger partial charge in [0.25, 0.3) is 5.91 Å². The Morgan fingerprint density at radius 1 is 1.42 bits per heavy atom. The zero-order chi connectivity index (χ0) is 14.8. The van der Waals surface area contributed by atoms with E-state index in [0.717, 1.165) is 0 Å². The molecular formula is C13H17N3O3. The van der Waals surface area contributed by atoms with Gasteiger partial charge < -0.3 is 15.3 Å². The molecule has 0 fully saturated rings. The number of carbonyl (C=O) groups is 2. The summed E-state index contributed by atoms with van der Waals surface area (Å²) in [7, 11) is 0. The summed E-state index contributed by atoms with van der Waals surface area (Å²) in [6.07, 6.45) is 4.59. The maximum absolute atomic E-state index is 11.7. The van der Waals surface area contributed by atoms with Crippen LogP contribution in [0.15, 0.2) is 37.1 Å². The number of nitrogens with zero attached hydrogens (tertiary/aromatic N) is 2. The van der Waals surface area contributed by atoms with Crippen molar-refractivity contribution in [2.24, 2.45) is 0 Å². The number of carbonyl (C=O) groups excluding carboxylic acids is 1. The van der Waals surface area contributed by atoms with Gasteiger partial charge in [0, 0.05) is 19.3 Å². The third-order valence-corrected chi connectivity index (χ3v) is 2.12. The van der Waals surface area contributed by atoms with Crippen LogP contribution in [0.5, 0.6) is 0 Å². The van der Waals surface area contributed by atoms with Gasteiger partial charge in [-0.1, -0.05) is 12.2 Å². The predicted molar refractivity (Wildman–Crippen MR) is 70.9 cm³/mol. The lowest BCUT2D eigenvalue weighted by molar-refractivity contribution is -0.140. The van der Waals surface area contributed by atoms with Crippen LogP contribution in [0.4, 0.5) is 0 Å². The van der Waals surface area contributed by atoms with Gasteiger partial charge in [-0.05, 0) is 6.92 Å². The highest BCUT2D eigenvalue weighted by atomic mass is 16.4. The summed E-state index contributed by atoms with van der Waals surface area (Å²) in [4.78, 5) is 24.0. The van der Waals surface area contributed by atoms with Gasteiger partial charge in [0.2, 0.25) is 0 Å². The Bertz CT molecular complexity index is 425. The van der Waals surface area contributed by atoms with Crippen LogP contribution in [-0.2, 0) is 9.59 Å². The van der Waals surface area contributed by atoms with Gasteiger partial charge >= 0.3 is 5.97 Å². The molecule has 0 heterocycles. The molecular weight excluding hydrogens is 246 g/mol. The molecule has 1 amide bonds. The number of nitrogens with one attached hydrogen (secondary N) is 1. The monoisotopic (exact) mass is 263 g/mol. The lowest BCUT2D eigenvalue weighted by Gasteiger charge is -2.17. The van der Waals surface area contributed by atoms with Crippen molar-refractivity contribution in [3.05, 3.63) is 37.1 Å². The van der Waals surface area contributed by atoms with Gasteiger partial charge in [-0.25, -0.2) is 0 Å². The van der Waals surface area contributed by atoms with E-state index in [4.69, 9.17) is 10.4 Å². The summed E-state index contributed by atoms with van der Waals surface area (Å²) in [5.74, 6) is -1.89. The largest absolute Gasteiger partial charge is 0.480 e. The molecule has 0 aromatic carbocycles. The molecule has 1 unspecified atom stereocenters. The Labute approximate surface area is 112 Å². The lowest BCUT2D eigenvalue weighted by Crippen LogP contribution is -2.39. The molecule has 0 rings (SSSR count). The third kappa shape index (κ3) is 6.07. The highest BCUT2D eigenvalue weighted by molar-refractivity contribution is 5.99. The number of nitriles is 1. The second-order valence-electron chi connectivity index (χ2n) is 3.72. The van der Waals surface area contributed by atoms with Crippen LogP contribution in [0.25, 0.3) is 0 Å². The minimum absolute atomic E-state index is 0.170. The fourth-order valence-corrected chi connectivity index (χ4v) is 1.17. The van der Waals surface area contributed by atoms with Gasteiger partial charge in [0.05, 0.1) is 0 Å². The molecule has 0 saturated heterocycles. The van der Waals surface area contributed by atoms with Crippen molar-refractivity contribution in [1.82, 2.24) is 10.2 Å². The molecule has 0 aliphatic heterocycles. The summed E-state index contributed by atoms with van der Waals surface area (Å²) < 4.78 is 0.